The van der Waals surface area contributed by atoms with E-state index in [9.17, 15) is 9.59 Å². The molecule has 2 aliphatic rings. The molecule has 5 heteroatoms. The van der Waals surface area contributed by atoms with Crippen molar-refractivity contribution in [2.75, 3.05) is 50.7 Å². The normalized spacial score (nSPS) is 19.5. The third kappa shape index (κ3) is 4.71. The molecule has 0 N–H and O–H groups in total. The molecule has 1 aromatic carbocycles. The first-order valence-corrected chi connectivity index (χ1v) is 10.1. The van der Waals surface area contributed by atoms with Gasteiger partial charge in [0, 0.05) is 51.1 Å². The van der Waals surface area contributed by atoms with Crippen LogP contribution in [0.25, 0.3) is 0 Å². The number of amides is 1. The highest BCUT2D eigenvalue weighted by atomic mass is 16.2. The minimum atomic E-state index is 0.0801. The number of piperazine rings is 1. The van der Waals surface area contributed by atoms with Gasteiger partial charge in [-0.3, -0.25) is 9.59 Å². The molecule has 142 valence electrons. The molecule has 1 fully saturated rings. The molecule has 2 aliphatic heterocycles. The maximum atomic E-state index is 12.5. The van der Waals surface area contributed by atoms with Gasteiger partial charge in [0.1, 0.15) is 0 Å². The van der Waals surface area contributed by atoms with Gasteiger partial charge in [-0.25, -0.2) is 0 Å². The second kappa shape index (κ2) is 9.28. The summed E-state index contributed by atoms with van der Waals surface area (Å²) in [6.45, 7) is 9.91. The quantitative estimate of drug-likeness (QED) is 0.704. The van der Waals surface area contributed by atoms with Crippen molar-refractivity contribution in [2.45, 2.75) is 39.0 Å². The Morgan fingerprint density at radius 2 is 1.50 bits per heavy atom. The average molecular weight is 357 g/mol. The third-order valence-electron chi connectivity index (χ3n) is 5.47. The molecule has 0 unspecified atom stereocenters. The van der Waals surface area contributed by atoms with Gasteiger partial charge in [0.05, 0.1) is 5.69 Å². The number of Topliss-reactive ketones (excluding diaryl/α,β-unsaturated/α-hetero) is 1. The lowest BCUT2D eigenvalue weighted by Gasteiger charge is -2.34. The molecule has 5 nitrogen and oxygen atoms in total. The monoisotopic (exact) mass is 357 g/mol. The number of para-hydroxylation sites is 1. The van der Waals surface area contributed by atoms with Crippen LogP contribution in [0.4, 0.5) is 5.69 Å². The van der Waals surface area contributed by atoms with E-state index < -0.39 is 0 Å². The van der Waals surface area contributed by atoms with Crippen LogP contribution in [0.15, 0.2) is 24.3 Å². The Bertz CT molecular complexity index is 623. The van der Waals surface area contributed by atoms with Gasteiger partial charge in [0.25, 0.3) is 0 Å². The minimum absolute atomic E-state index is 0.0801. The number of carbonyl (C=O) groups excluding carboxylic acids is 2. The number of unbranched alkanes of at least 4 members (excludes halogenated alkanes) is 1. The fraction of sp³-hybridized carbons (Fsp3) is 0.619. The summed E-state index contributed by atoms with van der Waals surface area (Å²) in [5.74, 6) is 0.165. The summed E-state index contributed by atoms with van der Waals surface area (Å²) in [5.41, 5.74) is 1.50. The molecule has 1 amide bonds. The number of benzene rings is 1. The summed E-state index contributed by atoms with van der Waals surface area (Å²) in [4.78, 5) is 31.6. The van der Waals surface area contributed by atoms with Crippen LogP contribution in [0.3, 0.4) is 0 Å². The highest BCUT2D eigenvalue weighted by Gasteiger charge is 2.25. The third-order valence-corrected chi connectivity index (χ3v) is 5.47. The molecular weight excluding hydrogens is 326 g/mol. The molecule has 0 aliphatic carbocycles. The first-order chi connectivity index (χ1) is 12.7. The Kier molecular flexibility index (Phi) is 6.80. The van der Waals surface area contributed by atoms with Gasteiger partial charge in [-0.15, -0.1) is 0 Å². The predicted octanol–water partition coefficient (Wildman–Crippen LogP) is 2.80. The smallest absolute Gasteiger partial charge is 0.227 e. The Morgan fingerprint density at radius 3 is 2.23 bits per heavy atom. The van der Waals surface area contributed by atoms with Crippen molar-refractivity contribution in [1.82, 2.24) is 9.80 Å². The molecule has 0 atom stereocenters. The van der Waals surface area contributed by atoms with Crippen LogP contribution in [0, 0.1) is 0 Å². The fourth-order valence-corrected chi connectivity index (χ4v) is 3.97. The Morgan fingerprint density at radius 1 is 0.846 bits per heavy atom. The summed E-state index contributed by atoms with van der Waals surface area (Å²) >= 11 is 0. The van der Waals surface area contributed by atoms with E-state index in [4.69, 9.17) is 0 Å². The molecule has 1 aromatic rings. The van der Waals surface area contributed by atoms with Gasteiger partial charge in [-0.05, 0) is 44.5 Å². The van der Waals surface area contributed by atoms with Gasteiger partial charge in [-0.1, -0.05) is 19.1 Å². The maximum absolute atomic E-state index is 12.5. The number of hydrogen-bond acceptors (Lipinski definition) is 4. The van der Waals surface area contributed by atoms with E-state index in [1.54, 1.807) is 0 Å². The van der Waals surface area contributed by atoms with E-state index in [-0.39, 0.29) is 11.7 Å². The van der Waals surface area contributed by atoms with Gasteiger partial charge in [-0.2, -0.15) is 0 Å². The molecule has 26 heavy (non-hydrogen) atoms. The fourth-order valence-electron chi connectivity index (χ4n) is 3.97. The van der Waals surface area contributed by atoms with Gasteiger partial charge < -0.3 is 14.7 Å². The van der Waals surface area contributed by atoms with Gasteiger partial charge in [0.15, 0.2) is 5.78 Å². The topological polar surface area (TPSA) is 43.9 Å². The van der Waals surface area contributed by atoms with E-state index in [1.807, 2.05) is 29.2 Å². The Balaban J connectivity index is 1.48. The second-order valence-corrected chi connectivity index (χ2v) is 7.38. The molecule has 0 spiro atoms. The van der Waals surface area contributed by atoms with E-state index >= 15 is 0 Å². The molecule has 0 aromatic heterocycles. The lowest BCUT2D eigenvalue weighted by Crippen LogP contribution is -2.46. The Hall–Kier alpha value is -1.72. The number of fused-ring (bicyclic) bond motifs is 1. The van der Waals surface area contributed by atoms with E-state index in [2.05, 4.69) is 16.7 Å². The molecule has 1 saturated heterocycles. The van der Waals surface area contributed by atoms with Gasteiger partial charge >= 0.3 is 0 Å². The largest absolute Gasteiger partial charge is 0.312 e. The number of rotatable bonds is 7. The number of carbonyl (C=O) groups is 2. The van der Waals surface area contributed by atoms with E-state index in [0.29, 0.717) is 24.9 Å². The molecule has 3 rings (SSSR count). The number of anilines is 1. The van der Waals surface area contributed by atoms with Crippen molar-refractivity contribution < 1.29 is 9.59 Å². The maximum Gasteiger partial charge on any atom is 0.227 e. The van der Waals surface area contributed by atoms with Crippen molar-refractivity contribution in [3.05, 3.63) is 29.8 Å². The summed E-state index contributed by atoms with van der Waals surface area (Å²) < 4.78 is 0. The van der Waals surface area contributed by atoms with Crippen LogP contribution in [0.2, 0.25) is 0 Å². The number of nitrogens with zero attached hydrogens (tertiary/aromatic N) is 3. The van der Waals surface area contributed by atoms with Crippen molar-refractivity contribution in [1.29, 1.82) is 0 Å². The standard InChI is InChI=1S/C21H31N3O2/c1-2-11-22-14-16-23(17-15-22)12-5-6-13-24-19-8-4-3-7-18(19)20(25)9-10-21(24)26/h3-4,7-8H,2,5-6,9-17H2,1H3. The molecule has 2 heterocycles. The van der Waals surface area contributed by atoms with Crippen LogP contribution >= 0.6 is 0 Å². The molecular formula is C21H31N3O2. The molecule has 0 bridgehead atoms. The zero-order chi connectivity index (χ0) is 18.4. The molecule has 0 saturated carbocycles. The zero-order valence-corrected chi connectivity index (χ0v) is 16.0. The van der Waals surface area contributed by atoms with E-state index in [1.165, 1.54) is 26.1 Å². The van der Waals surface area contributed by atoms with Crippen LogP contribution in [-0.4, -0.2) is 67.3 Å². The highest BCUT2D eigenvalue weighted by Crippen LogP contribution is 2.27. The van der Waals surface area contributed by atoms with Crippen LogP contribution in [0.5, 0.6) is 0 Å². The number of ketones is 1. The van der Waals surface area contributed by atoms with Crippen LogP contribution < -0.4 is 4.90 Å². The minimum Gasteiger partial charge on any atom is -0.312 e. The summed E-state index contributed by atoms with van der Waals surface area (Å²) in [5, 5.41) is 0. The summed E-state index contributed by atoms with van der Waals surface area (Å²) in [7, 11) is 0. The summed E-state index contributed by atoms with van der Waals surface area (Å²) in [6, 6.07) is 7.54. The van der Waals surface area contributed by atoms with Crippen molar-refractivity contribution >= 4 is 17.4 Å². The lowest BCUT2D eigenvalue weighted by atomic mass is 10.1. The first kappa shape index (κ1) is 19.1. The molecule has 0 radical (unpaired) electrons. The second-order valence-electron chi connectivity index (χ2n) is 7.38. The van der Waals surface area contributed by atoms with Crippen LogP contribution in [-0.2, 0) is 4.79 Å². The van der Waals surface area contributed by atoms with Crippen molar-refractivity contribution in [2.24, 2.45) is 0 Å². The SMILES string of the molecule is CCCN1CCN(CCCCN2C(=O)CCC(=O)c3ccccc32)CC1. The number of hydrogen-bond donors (Lipinski definition) is 0. The lowest BCUT2D eigenvalue weighted by molar-refractivity contribution is -0.118. The van der Waals surface area contributed by atoms with Crippen LogP contribution in [0.1, 0.15) is 49.4 Å². The average Bonchev–Trinajstić information content (AvgIpc) is 2.78. The van der Waals surface area contributed by atoms with Crippen molar-refractivity contribution in [3.63, 3.8) is 0 Å². The first-order valence-electron chi connectivity index (χ1n) is 10.1. The van der Waals surface area contributed by atoms with E-state index in [0.717, 1.165) is 38.2 Å². The van der Waals surface area contributed by atoms with Gasteiger partial charge in [0.2, 0.25) is 5.91 Å². The van der Waals surface area contributed by atoms with Crippen molar-refractivity contribution in [3.8, 4) is 0 Å². The zero-order valence-electron chi connectivity index (χ0n) is 16.0. The highest BCUT2D eigenvalue weighted by molar-refractivity contribution is 6.09. The summed E-state index contributed by atoms with van der Waals surface area (Å²) in [6.07, 6.45) is 3.95. The Labute approximate surface area is 156 Å². The predicted molar refractivity (Wildman–Crippen MR) is 105 cm³/mol.